The van der Waals surface area contributed by atoms with E-state index in [0.717, 1.165) is 86.9 Å². The van der Waals surface area contributed by atoms with Gasteiger partial charge in [-0.05, 0) is 91.7 Å². The average molecular weight is 1290 g/mol. The second kappa shape index (κ2) is 31.3. The summed E-state index contributed by atoms with van der Waals surface area (Å²) >= 11 is 5.99. The molecule has 22 nitrogen and oxygen atoms in total. The maximum absolute atomic E-state index is 5.99. The maximum atomic E-state index is 5.99. The first-order valence-electron chi connectivity index (χ1n) is 29.6. The Labute approximate surface area is 527 Å². The molecule has 0 amide bonds. The van der Waals surface area contributed by atoms with Gasteiger partial charge in [0.2, 0.25) is 0 Å². The molecule has 9 aromatic rings. The van der Waals surface area contributed by atoms with Crippen LogP contribution in [-0.4, -0.2) is 149 Å². The average Bonchev–Trinajstić information content (AvgIpc) is 2.28. The number of ether oxygens (including phenoxy) is 5. The van der Waals surface area contributed by atoms with E-state index in [1.54, 1.807) is 29.7 Å². The van der Waals surface area contributed by atoms with Crippen molar-refractivity contribution in [3.05, 3.63) is 98.1 Å². The molecule has 0 aliphatic carbocycles. The van der Waals surface area contributed by atoms with Crippen LogP contribution < -0.4 is 5.46 Å². The first-order chi connectivity index (χ1) is 40.7. The number of H-pyrrole nitrogens is 1. The number of hydrogen-bond acceptors (Lipinski definition) is 16. The molecular formula is C59H92BCl2N15O7Si3. The molecule has 0 aromatic carbocycles. The fourth-order valence-corrected chi connectivity index (χ4v) is 11.2. The van der Waals surface area contributed by atoms with Gasteiger partial charge < -0.3 is 46.7 Å². The van der Waals surface area contributed by atoms with Crippen molar-refractivity contribution in [2.75, 3.05) is 33.0 Å². The molecule has 2 atom stereocenters. The van der Waals surface area contributed by atoms with Crippen LogP contribution in [-0.2, 0) is 53.2 Å². The van der Waals surface area contributed by atoms with Gasteiger partial charge in [-0.1, -0.05) is 70.5 Å². The highest BCUT2D eigenvalue weighted by atomic mass is 35.5. The van der Waals surface area contributed by atoms with E-state index in [9.17, 15) is 0 Å². The van der Waals surface area contributed by atoms with Crippen LogP contribution in [0.2, 0.25) is 82.2 Å². The lowest BCUT2D eigenvalue weighted by Crippen LogP contribution is -2.41. The zero-order valence-electron chi connectivity index (χ0n) is 54.1. The minimum Gasteiger partial charge on any atom is -0.399 e. The Morgan fingerprint density at radius 3 is 1.41 bits per heavy atom. The van der Waals surface area contributed by atoms with E-state index >= 15 is 0 Å². The SMILES string of the molecule is CCOC(C)n1cc(-c2ncnc3c2ccn3COCC[Si](C)(C)C)cn1.CCOC(C)n1cc(B2OC(C)(C)C(C)(C)O2)cn1.C[Si](C)(C)CCOCn1ccc2c(-c3cn[nH]c3)ncnc21.C[Si](C)(C)CCOCn1ccc2c(Cl)ncnc21.Cl. The van der Waals surface area contributed by atoms with E-state index in [1.165, 1.54) is 18.4 Å². The molecule has 0 radical (unpaired) electrons. The Morgan fingerprint density at radius 1 is 0.563 bits per heavy atom. The maximum Gasteiger partial charge on any atom is 0.498 e. The molecule has 2 unspecified atom stereocenters. The van der Waals surface area contributed by atoms with Crippen molar-refractivity contribution in [2.24, 2.45) is 0 Å². The van der Waals surface area contributed by atoms with E-state index in [2.05, 4.69) is 109 Å². The normalized spacial score (nSPS) is 14.7. The Balaban J connectivity index is 0.000000187. The summed E-state index contributed by atoms with van der Waals surface area (Å²) in [5.74, 6) is 0. The number of hydrogen-bond donors (Lipinski definition) is 1. The van der Waals surface area contributed by atoms with Gasteiger partial charge in [0, 0.05) is 128 Å². The molecule has 1 fully saturated rings. The lowest BCUT2D eigenvalue weighted by Gasteiger charge is -2.32. The van der Waals surface area contributed by atoms with Crippen LogP contribution in [0.3, 0.4) is 0 Å². The van der Waals surface area contributed by atoms with E-state index in [1.807, 2.05) is 135 Å². The van der Waals surface area contributed by atoms with Crippen molar-refractivity contribution < 1.29 is 33.0 Å². The van der Waals surface area contributed by atoms with Gasteiger partial charge in [-0.25, -0.2) is 39.3 Å². The predicted molar refractivity (Wildman–Crippen MR) is 357 cm³/mol. The highest BCUT2D eigenvalue weighted by Crippen LogP contribution is 2.37. The van der Waals surface area contributed by atoms with Crippen LogP contribution in [0.15, 0.2) is 93.0 Å². The minimum atomic E-state index is -1.08. The topological polar surface area (TPSA) is 221 Å². The predicted octanol–water partition coefficient (Wildman–Crippen LogP) is 12.9. The Morgan fingerprint density at radius 2 is 0.977 bits per heavy atom. The molecular weight excluding hydrogens is 1200 g/mol. The second-order valence-corrected chi connectivity index (χ2v) is 43.1. The molecule has 1 N–H and O–H groups in total. The number of aromatic nitrogens is 15. The summed E-state index contributed by atoms with van der Waals surface area (Å²) in [6.45, 7) is 42.4. The van der Waals surface area contributed by atoms with Crippen molar-refractivity contribution in [2.45, 2.75) is 176 Å². The van der Waals surface area contributed by atoms with Crippen LogP contribution in [0.25, 0.3) is 55.6 Å². The van der Waals surface area contributed by atoms with Gasteiger partial charge in [-0.3, -0.25) is 5.10 Å². The van der Waals surface area contributed by atoms with Crippen LogP contribution in [0, 0.1) is 0 Å². The smallest absolute Gasteiger partial charge is 0.399 e. The first-order valence-corrected chi connectivity index (χ1v) is 41.1. The van der Waals surface area contributed by atoms with Gasteiger partial charge in [0.25, 0.3) is 0 Å². The van der Waals surface area contributed by atoms with E-state index in [-0.39, 0.29) is 43.2 Å². The summed E-state index contributed by atoms with van der Waals surface area (Å²) in [5.41, 5.74) is 6.52. The van der Waals surface area contributed by atoms with Crippen molar-refractivity contribution in [1.82, 2.24) is 73.4 Å². The third-order valence-electron chi connectivity index (χ3n) is 14.7. The van der Waals surface area contributed by atoms with Gasteiger partial charge in [-0.2, -0.15) is 15.3 Å². The molecule has 1 saturated heterocycles. The summed E-state index contributed by atoms with van der Waals surface area (Å²) in [6.07, 6.45) is 21.5. The van der Waals surface area contributed by atoms with Crippen molar-refractivity contribution in [1.29, 1.82) is 0 Å². The number of halogens is 2. The molecule has 87 heavy (non-hydrogen) atoms. The first kappa shape index (κ1) is 70.6. The standard InChI is InChI=1S/C19H29N5O2Si.C15H21N5OSi.C13H23BN2O3.C12H18ClN3OSi.ClH/c1-6-26-15(2)24-12-16(11-22-24)18-17-7-8-23(19(17)21-13-20-18)14-25-9-10-27(3,4)5;1-22(2,3)7-6-21-11-20-5-4-13-14(12-8-18-19-9-12)16-10-17-15(13)20;1-7-17-10(2)16-9-11(8-15-16)14-18-12(3,4)13(5,6)19-14;1-18(2,3)7-6-17-9-16-5-4-10-11(13)14-8-15-12(10)16;/h7-8,11-13,15H,6,9-10,14H2,1-5H3;4-5,8-10H,6-7,11H2,1-3H3,(H,18,19);8-10H,7H2,1-6H3;4-5,8H,6-7,9H2,1-3H3;1H. The summed E-state index contributed by atoms with van der Waals surface area (Å²) in [4.78, 5) is 25.9. The number of aromatic amines is 1. The third-order valence-corrected chi connectivity index (χ3v) is 20.1. The fraction of sp³-hybridized carbons (Fsp3) is 0.542. The number of nitrogens with zero attached hydrogens (tertiary/aromatic N) is 14. The summed E-state index contributed by atoms with van der Waals surface area (Å²) < 4.78 is 50.0. The van der Waals surface area contributed by atoms with Gasteiger partial charge >= 0.3 is 7.12 Å². The van der Waals surface area contributed by atoms with Crippen LogP contribution in [0.5, 0.6) is 0 Å². The summed E-state index contributed by atoms with van der Waals surface area (Å²) in [6, 6.07) is 9.47. The molecule has 10 rings (SSSR count). The molecule has 0 saturated carbocycles. The highest BCUT2D eigenvalue weighted by molar-refractivity contribution is 6.76. The van der Waals surface area contributed by atoms with Gasteiger partial charge in [0.05, 0.1) is 40.4 Å². The summed E-state index contributed by atoms with van der Waals surface area (Å²) in [5, 5.41) is 18.9. The number of fused-ring (bicyclic) bond motifs is 3. The van der Waals surface area contributed by atoms with Gasteiger partial charge in [-0.15, -0.1) is 12.4 Å². The van der Waals surface area contributed by atoms with Crippen molar-refractivity contribution in [3.8, 4) is 22.5 Å². The molecule has 474 valence electrons. The molecule has 1 aliphatic heterocycles. The summed E-state index contributed by atoms with van der Waals surface area (Å²) in [7, 11) is -3.52. The van der Waals surface area contributed by atoms with Gasteiger partial charge in [0.15, 0.2) is 0 Å². The van der Waals surface area contributed by atoms with Crippen LogP contribution in [0.1, 0.15) is 67.8 Å². The van der Waals surface area contributed by atoms with Crippen molar-refractivity contribution in [3.63, 3.8) is 0 Å². The Bertz CT molecular complexity index is 3500. The highest BCUT2D eigenvalue weighted by Gasteiger charge is 2.52. The largest absolute Gasteiger partial charge is 0.498 e. The zero-order valence-corrected chi connectivity index (χ0v) is 58.6. The number of nitrogens with one attached hydrogen (secondary N) is 1. The van der Waals surface area contributed by atoms with E-state index in [0.29, 0.717) is 38.6 Å². The molecule has 0 spiro atoms. The lowest BCUT2D eigenvalue weighted by atomic mass is 9.82. The van der Waals surface area contributed by atoms with E-state index in [4.69, 9.17) is 44.6 Å². The van der Waals surface area contributed by atoms with E-state index < -0.39 is 24.2 Å². The zero-order chi connectivity index (χ0) is 62.5. The van der Waals surface area contributed by atoms with Crippen molar-refractivity contribution >= 4 is 93.9 Å². The second-order valence-electron chi connectivity index (χ2n) is 25.9. The van der Waals surface area contributed by atoms with Crippen LogP contribution in [0.4, 0.5) is 0 Å². The fourth-order valence-electron chi connectivity index (χ4n) is 8.70. The Kier molecular flexibility index (Phi) is 25.4. The molecule has 9 aromatic heterocycles. The molecule has 28 heteroatoms. The lowest BCUT2D eigenvalue weighted by molar-refractivity contribution is 0.00578. The van der Waals surface area contributed by atoms with Crippen LogP contribution >= 0.6 is 24.0 Å². The third kappa shape index (κ3) is 20.0. The monoisotopic (exact) mass is 1290 g/mol. The minimum absolute atomic E-state index is 0. The quantitative estimate of drug-likeness (QED) is 0.0337. The molecule has 0 bridgehead atoms. The number of rotatable bonds is 24. The molecule has 1 aliphatic rings. The molecule has 10 heterocycles. The Hall–Kier alpha value is -5.49. The van der Waals surface area contributed by atoms with Gasteiger partial charge in [0.1, 0.15) is 73.7 Å².